The summed E-state index contributed by atoms with van der Waals surface area (Å²) < 4.78 is 5.34. The van der Waals surface area contributed by atoms with E-state index in [1.165, 1.54) is 6.42 Å². The van der Waals surface area contributed by atoms with Crippen LogP contribution in [-0.2, 0) is 5.54 Å². The monoisotopic (exact) mass is 261 g/mol. The molecule has 1 saturated carbocycles. The first-order valence-corrected chi connectivity index (χ1v) is 6.72. The van der Waals surface area contributed by atoms with Crippen LogP contribution in [0, 0.1) is 12.8 Å². The van der Waals surface area contributed by atoms with E-state index in [0.717, 1.165) is 30.5 Å². The second-order valence-electron chi connectivity index (χ2n) is 5.69. The molecule has 0 amide bonds. The normalized spacial score (nSPS) is 27.6. The largest absolute Gasteiger partial charge is 0.334 e. The van der Waals surface area contributed by atoms with E-state index in [1.807, 2.05) is 6.92 Å². The lowest BCUT2D eigenvalue weighted by atomic mass is 9.76. The molecule has 0 bridgehead atoms. The van der Waals surface area contributed by atoms with Gasteiger partial charge in [-0.2, -0.15) is 10.1 Å². The highest BCUT2D eigenvalue weighted by atomic mass is 16.5. The predicted octanol–water partition coefficient (Wildman–Crippen LogP) is 2.13. The quantitative estimate of drug-likeness (QED) is 0.863. The minimum Gasteiger partial charge on any atom is -0.334 e. The van der Waals surface area contributed by atoms with Crippen LogP contribution in [0.5, 0.6) is 0 Å². The third-order valence-electron chi connectivity index (χ3n) is 3.96. The smallest absolute Gasteiger partial charge is 0.261 e. The van der Waals surface area contributed by atoms with E-state index < -0.39 is 5.54 Å². The van der Waals surface area contributed by atoms with Crippen LogP contribution < -0.4 is 5.73 Å². The number of hydrogen-bond donors (Lipinski definition) is 2. The van der Waals surface area contributed by atoms with E-state index in [2.05, 4.69) is 27.3 Å². The molecular formula is C13H19N5O. The molecule has 0 saturated heterocycles. The standard InChI is InChI=1S/C13H19N5O/c1-8-4-3-5-13(14,6-8)12-16-11(19-18-12)10-7-15-17-9(10)2/h7-8H,3-6,14H2,1-2H3,(H,15,17). The molecule has 0 aromatic carbocycles. The molecule has 2 aromatic heterocycles. The van der Waals surface area contributed by atoms with Gasteiger partial charge in [0.15, 0.2) is 5.82 Å². The molecule has 2 unspecified atom stereocenters. The molecule has 6 nitrogen and oxygen atoms in total. The first-order valence-electron chi connectivity index (χ1n) is 6.72. The van der Waals surface area contributed by atoms with Gasteiger partial charge >= 0.3 is 0 Å². The molecule has 102 valence electrons. The zero-order chi connectivity index (χ0) is 13.5. The number of aromatic nitrogens is 4. The van der Waals surface area contributed by atoms with Crippen molar-refractivity contribution < 1.29 is 4.52 Å². The maximum absolute atomic E-state index is 6.47. The Bertz CT molecular complexity index is 575. The Kier molecular flexibility index (Phi) is 2.89. The van der Waals surface area contributed by atoms with Crippen molar-refractivity contribution in [3.63, 3.8) is 0 Å². The Hall–Kier alpha value is -1.69. The van der Waals surface area contributed by atoms with Crippen molar-refractivity contribution in [2.75, 3.05) is 0 Å². The minimum atomic E-state index is -0.447. The molecule has 19 heavy (non-hydrogen) atoms. The molecule has 0 radical (unpaired) electrons. The summed E-state index contributed by atoms with van der Waals surface area (Å²) in [5.41, 5.74) is 7.77. The van der Waals surface area contributed by atoms with E-state index in [1.54, 1.807) is 6.20 Å². The van der Waals surface area contributed by atoms with Crippen LogP contribution in [0.25, 0.3) is 11.5 Å². The van der Waals surface area contributed by atoms with E-state index >= 15 is 0 Å². The van der Waals surface area contributed by atoms with E-state index in [9.17, 15) is 0 Å². The Morgan fingerprint density at radius 2 is 2.37 bits per heavy atom. The van der Waals surface area contributed by atoms with Gasteiger partial charge in [-0.3, -0.25) is 5.10 Å². The summed E-state index contributed by atoms with van der Waals surface area (Å²) in [6, 6.07) is 0. The third kappa shape index (κ3) is 2.16. The van der Waals surface area contributed by atoms with Gasteiger partial charge in [-0.05, 0) is 25.7 Å². The van der Waals surface area contributed by atoms with Gasteiger partial charge in [-0.1, -0.05) is 24.9 Å². The summed E-state index contributed by atoms with van der Waals surface area (Å²) in [6.45, 7) is 4.15. The molecule has 2 aromatic rings. The van der Waals surface area contributed by atoms with Crippen LogP contribution in [0.3, 0.4) is 0 Å². The number of aryl methyl sites for hydroxylation is 1. The Balaban J connectivity index is 1.91. The first kappa shape index (κ1) is 12.3. The zero-order valence-electron chi connectivity index (χ0n) is 11.3. The van der Waals surface area contributed by atoms with Crippen LogP contribution in [0.1, 0.15) is 44.1 Å². The number of rotatable bonds is 2. The van der Waals surface area contributed by atoms with Crippen LogP contribution in [-0.4, -0.2) is 20.3 Å². The fourth-order valence-electron chi connectivity index (χ4n) is 2.90. The van der Waals surface area contributed by atoms with Crippen molar-refractivity contribution in [2.45, 2.75) is 45.1 Å². The Morgan fingerprint density at radius 3 is 3.05 bits per heavy atom. The van der Waals surface area contributed by atoms with Crippen molar-refractivity contribution in [3.8, 4) is 11.5 Å². The maximum Gasteiger partial charge on any atom is 0.261 e. The van der Waals surface area contributed by atoms with Crippen LogP contribution in [0.15, 0.2) is 10.7 Å². The number of hydrogen-bond acceptors (Lipinski definition) is 5. The summed E-state index contributed by atoms with van der Waals surface area (Å²) >= 11 is 0. The van der Waals surface area contributed by atoms with Gasteiger partial charge in [0.2, 0.25) is 0 Å². The van der Waals surface area contributed by atoms with Gasteiger partial charge in [-0.25, -0.2) is 0 Å². The lowest BCUT2D eigenvalue weighted by Crippen LogP contribution is -2.42. The van der Waals surface area contributed by atoms with Crippen LogP contribution >= 0.6 is 0 Å². The molecule has 3 N–H and O–H groups in total. The Morgan fingerprint density at radius 1 is 1.53 bits per heavy atom. The SMILES string of the molecule is Cc1[nH]ncc1-c1nc(C2(N)CCCC(C)C2)no1. The zero-order valence-corrected chi connectivity index (χ0v) is 11.3. The number of nitrogens with two attached hydrogens (primary N) is 1. The van der Waals surface area contributed by atoms with Gasteiger partial charge in [-0.15, -0.1) is 0 Å². The number of nitrogens with one attached hydrogen (secondary N) is 1. The molecule has 6 heteroatoms. The van der Waals surface area contributed by atoms with Crippen molar-refractivity contribution in [2.24, 2.45) is 11.7 Å². The molecule has 0 aliphatic heterocycles. The van der Waals surface area contributed by atoms with Crippen molar-refractivity contribution in [1.29, 1.82) is 0 Å². The lowest BCUT2D eigenvalue weighted by molar-refractivity contribution is 0.222. The second kappa shape index (κ2) is 4.45. The molecule has 0 spiro atoms. The average Bonchev–Trinajstić information content (AvgIpc) is 2.96. The van der Waals surface area contributed by atoms with Gasteiger partial charge < -0.3 is 10.3 Å². The lowest BCUT2D eigenvalue weighted by Gasteiger charge is -2.33. The van der Waals surface area contributed by atoms with Gasteiger partial charge in [0.1, 0.15) is 0 Å². The van der Waals surface area contributed by atoms with Crippen molar-refractivity contribution >= 4 is 0 Å². The highest BCUT2D eigenvalue weighted by molar-refractivity contribution is 5.54. The highest BCUT2D eigenvalue weighted by Gasteiger charge is 2.37. The molecule has 1 aliphatic rings. The van der Waals surface area contributed by atoms with Crippen molar-refractivity contribution in [3.05, 3.63) is 17.7 Å². The predicted molar refractivity (Wildman–Crippen MR) is 70.1 cm³/mol. The third-order valence-corrected chi connectivity index (χ3v) is 3.96. The number of H-pyrrole nitrogens is 1. The summed E-state index contributed by atoms with van der Waals surface area (Å²) in [5, 5.41) is 10.9. The summed E-state index contributed by atoms with van der Waals surface area (Å²) in [6.07, 6.45) is 5.87. The molecular weight excluding hydrogens is 242 g/mol. The minimum absolute atomic E-state index is 0.447. The number of nitrogens with zero attached hydrogens (tertiary/aromatic N) is 3. The van der Waals surface area contributed by atoms with E-state index in [-0.39, 0.29) is 0 Å². The van der Waals surface area contributed by atoms with Gasteiger partial charge in [0, 0.05) is 5.69 Å². The van der Waals surface area contributed by atoms with Gasteiger partial charge in [0.05, 0.1) is 17.3 Å². The molecule has 1 fully saturated rings. The molecule has 3 rings (SSSR count). The van der Waals surface area contributed by atoms with E-state index in [0.29, 0.717) is 17.6 Å². The van der Waals surface area contributed by atoms with Crippen molar-refractivity contribution in [1.82, 2.24) is 20.3 Å². The first-order chi connectivity index (χ1) is 9.08. The van der Waals surface area contributed by atoms with E-state index in [4.69, 9.17) is 10.3 Å². The highest BCUT2D eigenvalue weighted by Crippen LogP contribution is 2.37. The molecule has 2 atom stereocenters. The van der Waals surface area contributed by atoms with Crippen LogP contribution in [0.4, 0.5) is 0 Å². The fourth-order valence-corrected chi connectivity index (χ4v) is 2.90. The molecule has 2 heterocycles. The fraction of sp³-hybridized carbons (Fsp3) is 0.615. The summed E-state index contributed by atoms with van der Waals surface area (Å²) in [7, 11) is 0. The van der Waals surface area contributed by atoms with Gasteiger partial charge in [0.25, 0.3) is 5.89 Å². The summed E-state index contributed by atoms with van der Waals surface area (Å²) in [4.78, 5) is 4.48. The average molecular weight is 261 g/mol. The second-order valence-corrected chi connectivity index (χ2v) is 5.69. The number of aromatic amines is 1. The Labute approximate surface area is 111 Å². The molecule has 1 aliphatic carbocycles. The topological polar surface area (TPSA) is 93.6 Å². The maximum atomic E-state index is 6.47. The summed E-state index contributed by atoms with van der Waals surface area (Å²) in [5.74, 6) is 1.72. The van der Waals surface area contributed by atoms with Crippen LogP contribution in [0.2, 0.25) is 0 Å².